The molecule has 106 valence electrons. The van der Waals surface area contributed by atoms with E-state index in [1.54, 1.807) is 12.1 Å². The molecule has 0 saturated heterocycles. The van der Waals surface area contributed by atoms with E-state index in [1.807, 2.05) is 12.1 Å². The maximum Gasteiger partial charge on any atom is 0.126 e. The first kappa shape index (κ1) is 14.5. The molecule has 0 bridgehead atoms. The van der Waals surface area contributed by atoms with E-state index in [0.717, 1.165) is 31.0 Å². The van der Waals surface area contributed by atoms with E-state index in [-0.39, 0.29) is 5.82 Å². The molecule has 1 aromatic carbocycles. The molecule has 0 aromatic heterocycles. The molecule has 0 amide bonds. The molecule has 2 atom stereocenters. The number of hydrogen-bond acceptors (Lipinski definition) is 1. The summed E-state index contributed by atoms with van der Waals surface area (Å²) in [5.41, 5.74) is 0.892. The third-order valence-electron chi connectivity index (χ3n) is 4.22. The first-order valence-electron chi connectivity index (χ1n) is 7.61. The number of hydrogen-bond donors (Lipinski definition) is 1. The average Bonchev–Trinajstić information content (AvgIpc) is 2.79. The van der Waals surface area contributed by atoms with Gasteiger partial charge in [-0.2, -0.15) is 0 Å². The molecule has 1 saturated carbocycles. The second kappa shape index (κ2) is 7.04. The van der Waals surface area contributed by atoms with Gasteiger partial charge in [-0.15, -0.1) is 0 Å². The lowest BCUT2D eigenvalue weighted by atomic mass is 9.89. The average molecular weight is 263 g/mol. The fraction of sp³-hybridized carbons (Fsp3) is 0.647. The minimum atomic E-state index is -0.0386. The Hall–Kier alpha value is -0.890. The van der Waals surface area contributed by atoms with E-state index in [9.17, 15) is 4.39 Å². The van der Waals surface area contributed by atoms with Gasteiger partial charge in [0.05, 0.1) is 0 Å². The van der Waals surface area contributed by atoms with Gasteiger partial charge >= 0.3 is 0 Å². The second-order valence-corrected chi connectivity index (χ2v) is 6.30. The molecule has 0 heterocycles. The van der Waals surface area contributed by atoms with E-state index < -0.39 is 0 Å². The van der Waals surface area contributed by atoms with Gasteiger partial charge in [-0.05, 0) is 61.7 Å². The zero-order chi connectivity index (χ0) is 13.7. The fourth-order valence-electron chi connectivity index (χ4n) is 3.15. The van der Waals surface area contributed by atoms with Crippen molar-refractivity contribution in [2.75, 3.05) is 13.1 Å². The molecule has 1 nitrogen and oxygen atoms in total. The van der Waals surface area contributed by atoms with Crippen LogP contribution in [0.4, 0.5) is 4.39 Å². The lowest BCUT2D eigenvalue weighted by molar-refractivity contribution is 0.354. The Bertz CT molecular complexity index is 389. The van der Waals surface area contributed by atoms with Crippen LogP contribution in [0, 0.1) is 23.6 Å². The summed E-state index contributed by atoms with van der Waals surface area (Å²) in [6, 6.07) is 7.23. The highest BCUT2D eigenvalue weighted by molar-refractivity contribution is 5.18. The van der Waals surface area contributed by atoms with Gasteiger partial charge in [0.15, 0.2) is 0 Å². The van der Waals surface area contributed by atoms with Crippen LogP contribution >= 0.6 is 0 Å². The number of benzene rings is 1. The first-order chi connectivity index (χ1) is 9.16. The van der Waals surface area contributed by atoms with Crippen molar-refractivity contribution in [1.29, 1.82) is 0 Å². The molecule has 1 aliphatic rings. The summed E-state index contributed by atoms with van der Waals surface area (Å²) < 4.78 is 13.7. The van der Waals surface area contributed by atoms with Crippen molar-refractivity contribution in [2.24, 2.45) is 17.8 Å². The van der Waals surface area contributed by atoms with Gasteiger partial charge in [0.1, 0.15) is 5.82 Å². The third-order valence-corrected chi connectivity index (χ3v) is 4.22. The smallest absolute Gasteiger partial charge is 0.126 e. The Labute approximate surface area is 116 Å². The Morgan fingerprint density at radius 2 is 1.95 bits per heavy atom. The number of nitrogens with one attached hydrogen (secondary N) is 1. The third kappa shape index (κ3) is 4.31. The van der Waals surface area contributed by atoms with Crippen LogP contribution in [0.3, 0.4) is 0 Å². The van der Waals surface area contributed by atoms with Crippen LogP contribution in [0.5, 0.6) is 0 Å². The van der Waals surface area contributed by atoms with E-state index in [2.05, 4.69) is 19.2 Å². The molecule has 1 aromatic rings. The summed E-state index contributed by atoms with van der Waals surface area (Å²) in [6.45, 7) is 6.65. The highest BCUT2D eigenvalue weighted by Gasteiger charge is 2.27. The van der Waals surface area contributed by atoms with E-state index >= 15 is 0 Å². The van der Waals surface area contributed by atoms with Gasteiger partial charge in [-0.1, -0.05) is 38.5 Å². The minimum Gasteiger partial charge on any atom is -0.316 e. The predicted octanol–water partition coefficient (Wildman–Crippen LogP) is 4.03. The van der Waals surface area contributed by atoms with Crippen molar-refractivity contribution in [3.63, 3.8) is 0 Å². The summed E-state index contributed by atoms with van der Waals surface area (Å²) in [5, 5.41) is 3.56. The van der Waals surface area contributed by atoms with Gasteiger partial charge in [0, 0.05) is 0 Å². The van der Waals surface area contributed by atoms with Gasteiger partial charge in [-0.3, -0.25) is 0 Å². The van der Waals surface area contributed by atoms with Crippen LogP contribution in [0.1, 0.15) is 38.7 Å². The Balaban J connectivity index is 1.87. The van der Waals surface area contributed by atoms with Crippen LogP contribution in [0.2, 0.25) is 0 Å². The number of halogens is 1. The second-order valence-electron chi connectivity index (χ2n) is 6.30. The van der Waals surface area contributed by atoms with Crippen LogP contribution in [0.25, 0.3) is 0 Å². The molecule has 1 aliphatic carbocycles. The number of rotatable bonds is 6. The van der Waals surface area contributed by atoms with Crippen molar-refractivity contribution in [1.82, 2.24) is 5.32 Å². The van der Waals surface area contributed by atoms with Crippen LogP contribution in [-0.4, -0.2) is 13.1 Å². The largest absolute Gasteiger partial charge is 0.316 e. The normalized spacial score (nSPS) is 23.2. The summed E-state index contributed by atoms with van der Waals surface area (Å²) >= 11 is 0. The van der Waals surface area contributed by atoms with Crippen LogP contribution < -0.4 is 5.32 Å². The van der Waals surface area contributed by atoms with Gasteiger partial charge < -0.3 is 5.32 Å². The summed E-state index contributed by atoms with van der Waals surface area (Å²) in [5.74, 6) is 2.03. The molecule has 1 N–H and O–H groups in total. The molecule has 0 radical (unpaired) electrons. The van der Waals surface area contributed by atoms with Gasteiger partial charge in [-0.25, -0.2) is 4.39 Å². The molecule has 2 rings (SSSR count). The van der Waals surface area contributed by atoms with Crippen LogP contribution in [-0.2, 0) is 6.42 Å². The summed E-state index contributed by atoms with van der Waals surface area (Å²) in [4.78, 5) is 0. The lowest BCUT2D eigenvalue weighted by Crippen LogP contribution is -2.29. The maximum atomic E-state index is 13.7. The summed E-state index contributed by atoms with van der Waals surface area (Å²) in [7, 11) is 0. The molecule has 2 unspecified atom stereocenters. The molecule has 2 heteroatoms. The lowest BCUT2D eigenvalue weighted by Gasteiger charge is -2.21. The molecule has 1 fully saturated rings. The van der Waals surface area contributed by atoms with Crippen molar-refractivity contribution in [3.8, 4) is 0 Å². The molecule has 19 heavy (non-hydrogen) atoms. The Morgan fingerprint density at radius 3 is 2.68 bits per heavy atom. The Kier molecular flexibility index (Phi) is 5.38. The molecule has 0 spiro atoms. The molecular weight excluding hydrogens is 237 g/mol. The Morgan fingerprint density at radius 1 is 1.21 bits per heavy atom. The predicted molar refractivity (Wildman–Crippen MR) is 78.6 cm³/mol. The van der Waals surface area contributed by atoms with Crippen LogP contribution in [0.15, 0.2) is 24.3 Å². The van der Waals surface area contributed by atoms with E-state index in [4.69, 9.17) is 0 Å². The zero-order valence-corrected chi connectivity index (χ0v) is 12.2. The highest BCUT2D eigenvalue weighted by atomic mass is 19.1. The molecular formula is C17H26FN. The highest BCUT2D eigenvalue weighted by Crippen LogP contribution is 2.34. The zero-order valence-electron chi connectivity index (χ0n) is 12.2. The van der Waals surface area contributed by atoms with Gasteiger partial charge in [0.2, 0.25) is 0 Å². The van der Waals surface area contributed by atoms with E-state index in [1.165, 1.54) is 19.3 Å². The van der Waals surface area contributed by atoms with Crippen molar-refractivity contribution >= 4 is 0 Å². The standard InChI is InChI=1S/C17H26FN/c1-13(2)11-19-12-16-8-5-7-14(16)10-15-6-3-4-9-17(15)18/h3-4,6,9,13-14,16,19H,5,7-8,10-12H2,1-2H3. The molecule has 0 aliphatic heterocycles. The monoisotopic (exact) mass is 263 g/mol. The SMILES string of the molecule is CC(C)CNCC1CCCC1Cc1ccccc1F. The quantitative estimate of drug-likeness (QED) is 0.817. The topological polar surface area (TPSA) is 12.0 Å². The maximum absolute atomic E-state index is 13.7. The summed E-state index contributed by atoms with van der Waals surface area (Å²) in [6.07, 6.45) is 4.75. The van der Waals surface area contributed by atoms with E-state index in [0.29, 0.717) is 11.8 Å². The van der Waals surface area contributed by atoms with Crippen molar-refractivity contribution in [2.45, 2.75) is 39.5 Å². The van der Waals surface area contributed by atoms with Gasteiger partial charge in [0.25, 0.3) is 0 Å². The minimum absolute atomic E-state index is 0.0386. The fourth-order valence-corrected chi connectivity index (χ4v) is 3.15. The van der Waals surface area contributed by atoms with Crippen molar-refractivity contribution < 1.29 is 4.39 Å². The van der Waals surface area contributed by atoms with Crippen molar-refractivity contribution in [3.05, 3.63) is 35.6 Å². The first-order valence-corrected chi connectivity index (χ1v) is 7.61.